The number of carbonyl (C=O) groups excluding carboxylic acids is 2. The van der Waals surface area contributed by atoms with Crippen LogP contribution in [0.25, 0.3) is 0 Å². The van der Waals surface area contributed by atoms with Crippen molar-refractivity contribution in [2.45, 2.75) is 45.6 Å². The molecule has 0 aliphatic carbocycles. The minimum atomic E-state index is -0.374. The Morgan fingerprint density at radius 1 is 0.897 bits per heavy atom. The lowest BCUT2D eigenvalue weighted by Gasteiger charge is -2.37. The van der Waals surface area contributed by atoms with E-state index in [-0.39, 0.29) is 29.9 Å². The zero-order valence-electron chi connectivity index (χ0n) is 23.6. The van der Waals surface area contributed by atoms with E-state index in [1.807, 2.05) is 41.3 Å². The van der Waals surface area contributed by atoms with Gasteiger partial charge >= 0.3 is 5.97 Å². The molecule has 0 radical (unpaired) electrons. The standard InChI is InChI=1S/C32H37NO6/c1-7-38-31(35)22-10-14-25(15-11-22)39-20-27-26-19-29(37-6)28(36-5)18-23(26)16-17-33(27)30(34)21-8-12-24(13-9-21)32(2,3)4/h8-15,18-19,27H,7,16-17,20H2,1-6H3. The highest BCUT2D eigenvalue weighted by Crippen LogP contribution is 2.39. The van der Waals surface area contributed by atoms with E-state index in [9.17, 15) is 9.59 Å². The Labute approximate surface area is 230 Å². The van der Waals surface area contributed by atoms with Crippen LogP contribution in [-0.4, -0.2) is 50.8 Å². The third-order valence-corrected chi connectivity index (χ3v) is 7.03. The SMILES string of the molecule is CCOC(=O)c1ccc(OCC2c3cc(OC)c(OC)cc3CCN2C(=O)c2ccc(C(C)(C)C)cc2)cc1. The number of methoxy groups -OCH3 is 2. The van der Waals surface area contributed by atoms with Crippen LogP contribution in [-0.2, 0) is 16.6 Å². The van der Waals surface area contributed by atoms with Gasteiger partial charge in [0, 0.05) is 12.1 Å². The summed E-state index contributed by atoms with van der Waals surface area (Å²) >= 11 is 0. The smallest absolute Gasteiger partial charge is 0.338 e. The lowest BCUT2D eigenvalue weighted by molar-refractivity contribution is 0.0524. The van der Waals surface area contributed by atoms with Gasteiger partial charge in [0.15, 0.2) is 11.5 Å². The fourth-order valence-corrected chi connectivity index (χ4v) is 4.81. The summed E-state index contributed by atoms with van der Waals surface area (Å²) in [7, 11) is 3.22. The maximum Gasteiger partial charge on any atom is 0.338 e. The van der Waals surface area contributed by atoms with E-state index < -0.39 is 0 Å². The Balaban J connectivity index is 1.64. The summed E-state index contributed by atoms with van der Waals surface area (Å²) in [5.41, 5.74) is 4.31. The van der Waals surface area contributed by atoms with Gasteiger partial charge in [-0.3, -0.25) is 4.79 Å². The second-order valence-electron chi connectivity index (χ2n) is 10.6. The third kappa shape index (κ3) is 6.19. The molecular formula is C32H37NO6. The lowest BCUT2D eigenvalue weighted by Crippen LogP contribution is -2.42. The molecule has 3 aromatic rings. The van der Waals surface area contributed by atoms with E-state index in [2.05, 4.69) is 20.8 Å². The highest BCUT2D eigenvalue weighted by Gasteiger charge is 2.33. The summed E-state index contributed by atoms with van der Waals surface area (Å²) < 4.78 is 22.4. The van der Waals surface area contributed by atoms with Crippen molar-refractivity contribution in [1.82, 2.24) is 4.90 Å². The molecule has 39 heavy (non-hydrogen) atoms. The fraction of sp³-hybridized carbons (Fsp3) is 0.375. The number of fused-ring (bicyclic) bond motifs is 1. The van der Waals surface area contributed by atoms with Crippen LogP contribution in [0.5, 0.6) is 17.2 Å². The van der Waals surface area contributed by atoms with Crippen LogP contribution < -0.4 is 14.2 Å². The minimum absolute atomic E-state index is 0.000449. The molecule has 1 amide bonds. The molecule has 0 aromatic heterocycles. The van der Waals surface area contributed by atoms with Crippen LogP contribution in [0.15, 0.2) is 60.7 Å². The molecule has 0 fully saturated rings. The summed E-state index contributed by atoms with van der Waals surface area (Å²) in [5, 5.41) is 0. The van der Waals surface area contributed by atoms with Crippen LogP contribution in [0.3, 0.4) is 0 Å². The fourth-order valence-electron chi connectivity index (χ4n) is 4.81. The topological polar surface area (TPSA) is 74.3 Å². The molecule has 1 atom stereocenters. The van der Waals surface area contributed by atoms with Gasteiger partial charge in [-0.1, -0.05) is 32.9 Å². The number of hydrogen-bond acceptors (Lipinski definition) is 6. The van der Waals surface area contributed by atoms with Crippen molar-refractivity contribution in [2.24, 2.45) is 0 Å². The average Bonchev–Trinajstić information content (AvgIpc) is 2.94. The van der Waals surface area contributed by atoms with E-state index in [4.69, 9.17) is 18.9 Å². The van der Waals surface area contributed by atoms with E-state index in [1.165, 1.54) is 5.56 Å². The number of hydrogen-bond donors (Lipinski definition) is 0. The Kier molecular flexibility index (Phi) is 8.48. The number of esters is 1. The molecule has 1 unspecified atom stereocenters. The summed E-state index contributed by atoms with van der Waals surface area (Å²) in [4.78, 5) is 27.7. The molecule has 7 nitrogen and oxygen atoms in total. The van der Waals surface area contributed by atoms with E-state index in [1.54, 1.807) is 45.4 Å². The molecule has 3 aromatic carbocycles. The van der Waals surface area contributed by atoms with Crippen LogP contribution in [0, 0.1) is 0 Å². The molecule has 1 heterocycles. The van der Waals surface area contributed by atoms with E-state index in [0.29, 0.717) is 47.9 Å². The summed E-state index contributed by atoms with van der Waals surface area (Å²) in [6.07, 6.45) is 0.687. The monoisotopic (exact) mass is 531 g/mol. The Hall–Kier alpha value is -4.00. The lowest BCUT2D eigenvalue weighted by atomic mass is 9.86. The van der Waals surface area contributed by atoms with Crippen LogP contribution in [0.1, 0.15) is 71.1 Å². The van der Waals surface area contributed by atoms with Crippen LogP contribution in [0.4, 0.5) is 0 Å². The molecule has 1 aliphatic rings. The molecule has 7 heteroatoms. The molecule has 0 saturated carbocycles. The molecule has 4 rings (SSSR count). The first kappa shape index (κ1) is 28.0. The van der Waals surface area contributed by atoms with Crippen molar-refractivity contribution < 1.29 is 28.5 Å². The van der Waals surface area contributed by atoms with Gasteiger partial charge in [-0.2, -0.15) is 0 Å². The van der Waals surface area contributed by atoms with Crippen molar-refractivity contribution >= 4 is 11.9 Å². The third-order valence-electron chi connectivity index (χ3n) is 7.03. The van der Waals surface area contributed by atoms with Gasteiger partial charge in [-0.15, -0.1) is 0 Å². The number of nitrogens with zero attached hydrogens (tertiary/aromatic N) is 1. The van der Waals surface area contributed by atoms with Crippen molar-refractivity contribution in [3.63, 3.8) is 0 Å². The molecule has 1 aliphatic heterocycles. The Bertz CT molecular complexity index is 1310. The number of amides is 1. The highest BCUT2D eigenvalue weighted by atomic mass is 16.5. The summed E-state index contributed by atoms with van der Waals surface area (Å²) in [6, 6.07) is 18.2. The average molecular weight is 532 g/mol. The molecule has 0 N–H and O–H groups in total. The maximum absolute atomic E-state index is 13.8. The number of rotatable bonds is 8. The molecule has 0 bridgehead atoms. The van der Waals surface area contributed by atoms with Gasteiger partial charge in [0.05, 0.1) is 32.4 Å². The van der Waals surface area contributed by atoms with Gasteiger partial charge in [-0.25, -0.2) is 4.79 Å². The zero-order valence-corrected chi connectivity index (χ0v) is 23.6. The highest BCUT2D eigenvalue weighted by molar-refractivity contribution is 5.95. The Morgan fingerprint density at radius 2 is 1.51 bits per heavy atom. The van der Waals surface area contributed by atoms with E-state index >= 15 is 0 Å². The predicted octanol–water partition coefficient (Wildman–Crippen LogP) is 6.00. The van der Waals surface area contributed by atoms with Crippen LogP contribution >= 0.6 is 0 Å². The normalized spacial score (nSPS) is 14.8. The quantitative estimate of drug-likeness (QED) is 0.332. The largest absolute Gasteiger partial charge is 0.493 e. The number of benzene rings is 3. The van der Waals surface area contributed by atoms with E-state index in [0.717, 1.165) is 11.1 Å². The van der Waals surface area contributed by atoms with Crippen molar-refractivity contribution in [3.05, 3.63) is 88.5 Å². The maximum atomic E-state index is 13.8. The molecular weight excluding hydrogens is 494 g/mol. The zero-order chi connectivity index (χ0) is 28.2. The predicted molar refractivity (Wildman–Crippen MR) is 150 cm³/mol. The van der Waals surface area contributed by atoms with Gasteiger partial charge in [0.1, 0.15) is 12.4 Å². The second kappa shape index (κ2) is 11.8. The van der Waals surface area contributed by atoms with Gasteiger partial charge in [-0.05, 0) is 84.0 Å². The summed E-state index contributed by atoms with van der Waals surface area (Å²) in [5.74, 6) is 1.42. The van der Waals surface area contributed by atoms with Gasteiger partial charge in [0.2, 0.25) is 0 Å². The molecule has 206 valence electrons. The molecule has 0 saturated heterocycles. The first-order valence-electron chi connectivity index (χ1n) is 13.2. The Morgan fingerprint density at radius 3 is 2.10 bits per heavy atom. The van der Waals surface area contributed by atoms with Crippen LogP contribution in [0.2, 0.25) is 0 Å². The summed E-state index contributed by atoms with van der Waals surface area (Å²) in [6.45, 7) is 9.31. The minimum Gasteiger partial charge on any atom is -0.493 e. The van der Waals surface area contributed by atoms with Crippen molar-refractivity contribution in [2.75, 3.05) is 34.0 Å². The number of carbonyl (C=O) groups is 2. The first-order chi connectivity index (χ1) is 18.7. The van der Waals surface area contributed by atoms with Gasteiger partial charge < -0.3 is 23.8 Å². The second-order valence-corrected chi connectivity index (χ2v) is 10.6. The number of ether oxygens (including phenoxy) is 4. The van der Waals surface area contributed by atoms with Gasteiger partial charge in [0.25, 0.3) is 5.91 Å². The van der Waals surface area contributed by atoms with Crippen molar-refractivity contribution in [3.8, 4) is 17.2 Å². The molecule has 0 spiro atoms. The van der Waals surface area contributed by atoms with Crippen molar-refractivity contribution in [1.29, 1.82) is 0 Å². The first-order valence-corrected chi connectivity index (χ1v) is 13.2.